The van der Waals surface area contributed by atoms with Crippen molar-refractivity contribution in [2.75, 3.05) is 5.88 Å². The van der Waals surface area contributed by atoms with Crippen molar-refractivity contribution in [1.29, 1.82) is 0 Å². The van der Waals surface area contributed by atoms with Crippen molar-refractivity contribution in [3.8, 4) is 0 Å². The maximum atomic E-state index is 10.6. The minimum absolute atomic E-state index is 0.0943. The molecule has 4 heteroatoms. The van der Waals surface area contributed by atoms with Crippen LogP contribution in [0.1, 0.15) is 26.2 Å². The summed E-state index contributed by atoms with van der Waals surface area (Å²) >= 11 is 5.24. The van der Waals surface area contributed by atoms with Crippen LogP contribution in [-0.4, -0.2) is 17.8 Å². The number of ether oxygens (including phenoxy) is 1. The van der Waals surface area contributed by atoms with Gasteiger partial charge >= 0.3 is 11.9 Å². The lowest BCUT2D eigenvalue weighted by Gasteiger charge is -1.98. The van der Waals surface area contributed by atoms with Crippen LogP contribution in [0.4, 0.5) is 0 Å². The molecule has 0 aromatic rings. The lowest BCUT2D eigenvalue weighted by molar-refractivity contribution is -0.159. The van der Waals surface area contributed by atoms with Crippen molar-refractivity contribution in [3.05, 3.63) is 0 Å². The molecule has 0 atom stereocenters. The Labute approximate surface area is 70.7 Å². The molecular formula is C7H11ClO3. The monoisotopic (exact) mass is 178 g/mol. The Morgan fingerprint density at radius 2 is 1.82 bits per heavy atom. The van der Waals surface area contributed by atoms with Crippen LogP contribution in [0.5, 0.6) is 0 Å². The fourth-order valence-electron chi connectivity index (χ4n) is 0.510. The van der Waals surface area contributed by atoms with E-state index in [0.29, 0.717) is 6.42 Å². The zero-order valence-electron chi connectivity index (χ0n) is 6.43. The van der Waals surface area contributed by atoms with Crippen LogP contribution in [0.15, 0.2) is 0 Å². The van der Waals surface area contributed by atoms with Gasteiger partial charge in [0.1, 0.15) is 0 Å². The third-order valence-electron chi connectivity index (χ3n) is 0.980. The number of alkyl halides is 1. The van der Waals surface area contributed by atoms with E-state index in [4.69, 9.17) is 11.6 Å². The molecule has 0 aliphatic rings. The smallest absolute Gasteiger partial charge is 0.314 e. The van der Waals surface area contributed by atoms with Gasteiger partial charge in [0, 0.05) is 12.3 Å². The minimum atomic E-state index is -0.543. The van der Waals surface area contributed by atoms with Gasteiger partial charge < -0.3 is 4.74 Å². The normalized spacial score (nSPS) is 9.27. The molecule has 0 aromatic heterocycles. The van der Waals surface area contributed by atoms with Crippen LogP contribution < -0.4 is 0 Å². The molecule has 0 spiro atoms. The second-order valence-electron chi connectivity index (χ2n) is 2.04. The fourth-order valence-corrected chi connectivity index (χ4v) is 0.665. The summed E-state index contributed by atoms with van der Waals surface area (Å²) in [5, 5.41) is 0. The van der Waals surface area contributed by atoms with Crippen LogP contribution in [0.25, 0.3) is 0 Å². The van der Waals surface area contributed by atoms with Crippen LogP contribution >= 0.6 is 11.6 Å². The van der Waals surface area contributed by atoms with Crippen molar-refractivity contribution in [2.45, 2.75) is 26.2 Å². The van der Waals surface area contributed by atoms with Crippen LogP contribution in [-0.2, 0) is 14.3 Å². The van der Waals surface area contributed by atoms with E-state index in [1.165, 1.54) is 0 Å². The van der Waals surface area contributed by atoms with Crippen LogP contribution in [0.3, 0.4) is 0 Å². The Morgan fingerprint density at radius 3 is 2.27 bits per heavy atom. The van der Waals surface area contributed by atoms with Crippen molar-refractivity contribution < 1.29 is 14.3 Å². The molecule has 0 unspecified atom stereocenters. The zero-order valence-corrected chi connectivity index (χ0v) is 7.19. The molecule has 0 bridgehead atoms. The number of esters is 2. The molecule has 0 saturated heterocycles. The fraction of sp³-hybridized carbons (Fsp3) is 0.714. The van der Waals surface area contributed by atoms with Gasteiger partial charge in [0.05, 0.1) is 6.42 Å². The van der Waals surface area contributed by atoms with Crippen molar-refractivity contribution in [1.82, 2.24) is 0 Å². The summed E-state index contributed by atoms with van der Waals surface area (Å²) in [6, 6.07) is 0. The third-order valence-corrected chi connectivity index (χ3v) is 1.17. The van der Waals surface area contributed by atoms with Gasteiger partial charge in [0.2, 0.25) is 0 Å². The quantitative estimate of drug-likeness (QED) is 0.372. The molecular weight excluding hydrogens is 168 g/mol. The predicted octanol–water partition coefficient (Wildman–Crippen LogP) is 1.49. The number of carbonyl (C=O) groups excluding carboxylic acids is 2. The summed E-state index contributed by atoms with van der Waals surface area (Å²) in [5.41, 5.74) is 0. The lowest BCUT2D eigenvalue weighted by atomic mass is 10.3. The summed E-state index contributed by atoms with van der Waals surface area (Å²) in [4.78, 5) is 21.2. The van der Waals surface area contributed by atoms with Crippen molar-refractivity contribution in [3.63, 3.8) is 0 Å². The highest BCUT2D eigenvalue weighted by Crippen LogP contribution is 1.95. The molecule has 0 rings (SSSR count). The summed E-state index contributed by atoms with van der Waals surface area (Å²) in [6.45, 7) is 1.84. The molecule has 0 N–H and O–H groups in total. The van der Waals surface area contributed by atoms with Gasteiger partial charge in [-0.2, -0.15) is 0 Å². The topological polar surface area (TPSA) is 43.4 Å². The van der Waals surface area contributed by atoms with Gasteiger partial charge in [-0.25, -0.2) is 0 Å². The molecule has 0 fully saturated rings. The molecule has 0 radical (unpaired) electrons. The molecule has 0 aliphatic heterocycles. The van der Waals surface area contributed by atoms with Crippen LogP contribution in [0.2, 0.25) is 0 Å². The Hall–Kier alpha value is -0.570. The number of hydrogen-bond acceptors (Lipinski definition) is 3. The lowest BCUT2D eigenvalue weighted by Crippen LogP contribution is -2.11. The van der Waals surface area contributed by atoms with E-state index in [0.717, 1.165) is 0 Å². The average Bonchev–Trinajstić information content (AvgIpc) is 1.87. The average molecular weight is 179 g/mol. The van der Waals surface area contributed by atoms with E-state index < -0.39 is 11.9 Å². The van der Waals surface area contributed by atoms with E-state index in [-0.39, 0.29) is 18.7 Å². The molecule has 0 aliphatic carbocycles. The highest BCUT2D eigenvalue weighted by Gasteiger charge is 2.07. The van der Waals surface area contributed by atoms with E-state index in [2.05, 4.69) is 4.74 Å². The first-order valence-electron chi connectivity index (χ1n) is 3.50. The second kappa shape index (κ2) is 6.16. The first-order valence-corrected chi connectivity index (χ1v) is 4.03. The van der Waals surface area contributed by atoms with E-state index in [1.54, 1.807) is 0 Å². The Balaban J connectivity index is 3.49. The first-order chi connectivity index (χ1) is 5.20. The number of rotatable bonds is 4. The minimum Gasteiger partial charge on any atom is -0.393 e. The summed E-state index contributed by atoms with van der Waals surface area (Å²) in [7, 11) is 0. The van der Waals surface area contributed by atoms with Gasteiger partial charge in [-0.15, -0.1) is 11.6 Å². The molecule has 11 heavy (non-hydrogen) atoms. The zero-order chi connectivity index (χ0) is 8.69. The molecule has 64 valence electrons. The molecule has 0 heterocycles. The summed E-state index contributed by atoms with van der Waals surface area (Å²) < 4.78 is 4.37. The highest BCUT2D eigenvalue weighted by atomic mass is 35.5. The Bertz CT molecular complexity index is 129. The van der Waals surface area contributed by atoms with Gasteiger partial charge in [-0.1, -0.05) is 6.92 Å². The Morgan fingerprint density at radius 1 is 1.27 bits per heavy atom. The molecule has 0 amide bonds. The Kier molecular flexibility index (Phi) is 5.84. The first kappa shape index (κ1) is 10.4. The molecule has 3 nitrogen and oxygen atoms in total. The summed E-state index contributed by atoms with van der Waals surface area (Å²) in [6.07, 6.45) is 1.07. The van der Waals surface area contributed by atoms with Crippen molar-refractivity contribution in [2.24, 2.45) is 0 Å². The predicted molar refractivity (Wildman–Crippen MR) is 41.3 cm³/mol. The molecule has 0 aromatic carbocycles. The standard InChI is InChI=1S/C7H11ClO3/c1-2-3-6(9)11-7(10)4-5-8/h2-5H2,1H3. The van der Waals surface area contributed by atoms with E-state index >= 15 is 0 Å². The largest absolute Gasteiger partial charge is 0.393 e. The second-order valence-corrected chi connectivity index (χ2v) is 2.41. The van der Waals surface area contributed by atoms with E-state index in [9.17, 15) is 9.59 Å². The number of hydrogen-bond donors (Lipinski definition) is 0. The summed E-state index contributed by atoms with van der Waals surface area (Å²) in [5.74, 6) is -0.820. The van der Waals surface area contributed by atoms with Crippen molar-refractivity contribution >= 4 is 23.5 Å². The highest BCUT2D eigenvalue weighted by molar-refractivity contribution is 6.18. The van der Waals surface area contributed by atoms with Gasteiger partial charge in [0.25, 0.3) is 0 Å². The van der Waals surface area contributed by atoms with Gasteiger partial charge in [-0.3, -0.25) is 9.59 Å². The maximum Gasteiger partial charge on any atom is 0.314 e. The number of halogens is 1. The molecule has 0 saturated carbocycles. The van der Waals surface area contributed by atoms with E-state index in [1.807, 2.05) is 6.92 Å². The van der Waals surface area contributed by atoms with Gasteiger partial charge in [0.15, 0.2) is 0 Å². The third kappa shape index (κ3) is 5.85. The maximum absolute atomic E-state index is 10.6. The van der Waals surface area contributed by atoms with Crippen LogP contribution in [0, 0.1) is 0 Å². The SMILES string of the molecule is CCCC(=O)OC(=O)CCCl. The van der Waals surface area contributed by atoms with Gasteiger partial charge in [-0.05, 0) is 6.42 Å². The number of carbonyl (C=O) groups is 2.